The molecule has 10 heteroatoms. The number of hydrogen-bond donors (Lipinski definition) is 4. The second-order valence-electron chi connectivity index (χ2n) is 7.73. The molecule has 3 heterocycles. The summed E-state index contributed by atoms with van der Waals surface area (Å²) in [5.74, 6) is 0.699. The fraction of sp³-hybridized carbons (Fsp3) is 0.500. The summed E-state index contributed by atoms with van der Waals surface area (Å²) in [5, 5.41) is 19.3. The Labute approximate surface area is 176 Å². The molecule has 1 amide bonds. The van der Waals surface area contributed by atoms with Crippen molar-refractivity contribution >= 4 is 15.2 Å². The average Bonchev–Trinajstić information content (AvgIpc) is 3.48. The fourth-order valence-corrected chi connectivity index (χ4v) is 5.46. The summed E-state index contributed by atoms with van der Waals surface area (Å²) < 4.78 is 24.1. The molecular formula is C20H26FN4O4Si. The topological polar surface area (TPSA) is 109 Å². The van der Waals surface area contributed by atoms with E-state index < -0.39 is 27.4 Å². The number of amides is 1. The molecule has 1 unspecified atom stereocenters. The summed E-state index contributed by atoms with van der Waals surface area (Å²) in [6.45, 7) is 0.779. The Morgan fingerprint density at radius 1 is 1.37 bits per heavy atom. The smallest absolute Gasteiger partial charge is 0.407 e. The lowest BCUT2D eigenvalue weighted by atomic mass is 10.00. The molecule has 0 saturated carbocycles. The first kappa shape index (κ1) is 21.0. The van der Waals surface area contributed by atoms with Gasteiger partial charge in [-0.3, -0.25) is 0 Å². The third kappa shape index (κ3) is 5.25. The first-order valence-corrected chi connectivity index (χ1v) is 11.9. The van der Waals surface area contributed by atoms with Crippen molar-refractivity contribution in [1.82, 2.24) is 20.9 Å². The number of nitrogens with one attached hydrogen (secondary N) is 3. The van der Waals surface area contributed by atoms with Crippen LogP contribution in [-0.4, -0.2) is 68.9 Å². The molecule has 30 heavy (non-hydrogen) atoms. The van der Waals surface area contributed by atoms with Gasteiger partial charge >= 0.3 is 6.09 Å². The molecule has 4 N–H and O–H groups in total. The van der Waals surface area contributed by atoms with E-state index in [2.05, 4.69) is 20.9 Å². The van der Waals surface area contributed by atoms with Crippen molar-refractivity contribution in [1.29, 1.82) is 0 Å². The molecule has 1 aromatic carbocycles. The molecule has 2 aliphatic heterocycles. The molecule has 4 atom stereocenters. The van der Waals surface area contributed by atoms with Crippen LogP contribution in [0.1, 0.15) is 12.0 Å². The van der Waals surface area contributed by atoms with Crippen molar-refractivity contribution < 1.29 is 23.2 Å². The Morgan fingerprint density at radius 2 is 2.20 bits per heavy atom. The van der Waals surface area contributed by atoms with Crippen LogP contribution in [0.3, 0.4) is 0 Å². The van der Waals surface area contributed by atoms with Crippen molar-refractivity contribution in [3.63, 3.8) is 0 Å². The van der Waals surface area contributed by atoms with E-state index in [0.29, 0.717) is 43.9 Å². The molecule has 2 aliphatic rings. The predicted molar refractivity (Wildman–Crippen MR) is 110 cm³/mol. The first-order valence-electron chi connectivity index (χ1n) is 10.2. The van der Waals surface area contributed by atoms with Crippen LogP contribution in [0.2, 0.25) is 6.04 Å². The number of alkyl carbamates (subject to hydrolysis) is 1. The number of hydrogen-bond acceptors (Lipinski definition) is 7. The molecule has 0 bridgehead atoms. The molecular weight excluding hydrogens is 407 g/mol. The second kappa shape index (κ2) is 9.69. The largest absolute Gasteiger partial charge is 0.444 e. The molecule has 1 radical (unpaired) electrons. The number of benzene rings is 1. The van der Waals surface area contributed by atoms with Gasteiger partial charge in [-0.1, -0.05) is 24.3 Å². The summed E-state index contributed by atoms with van der Waals surface area (Å²) in [5.41, 5.74) is 1.98. The zero-order valence-electron chi connectivity index (χ0n) is 16.5. The third-order valence-electron chi connectivity index (χ3n) is 5.55. The maximum atomic E-state index is 13.3. The van der Waals surface area contributed by atoms with Crippen molar-refractivity contribution in [3.8, 4) is 11.3 Å². The molecule has 1 aromatic heterocycles. The van der Waals surface area contributed by atoms with Crippen LogP contribution >= 0.6 is 0 Å². The number of oxazole rings is 1. The van der Waals surface area contributed by atoms with E-state index in [1.54, 1.807) is 6.20 Å². The predicted octanol–water partition coefficient (Wildman–Crippen LogP) is 1.17. The fourth-order valence-electron chi connectivity index (χ4n) is 3.92. The van der Waals surface area contributed by atoms with E-state index in [1.165, 1.54) is 6.39 Å². The maximum absolute atomic E-state index is 13.3. The minimum absolute atomic E-state index is 0.121. The van der Waals surface area contributed by atoms with Gasteiger partial charge in [-0.15, -0.1) is 0 Å². The summed E-state index contributed by atoms with van der Waals surface area (Å²) in [4.78, 5) is 16.1. The van der Waals surface area contributed by atoms with Crippen molar-refractivity contribution in [2.75, 3.05) is 19.3 Å². The number of aliphatic hydroxyl groups excluding tert-OH is 1. The van der Waals surface area contributed by atoms with E-state index in [0.717, 1.165) is 11.1 Å². The van der Waals surface area contributed by atoms with Crippen molar-refractivity contribution in [2.24, 2.45) is 0 Å². The molecule has 8 nitrogen and oxygen atoms in total. The molecule has 2 aromatic rings. The minimum atomic E-state index is -1.74. The Bertz CT molecular complexity index is 823. The number of β-amino-alcohol motifs (C(OH)–C–C–N with tert-alkyl or cyclic N) is 1. The highest BCUT2D eigenvalue weighted by Gasteiger charge is 2.37. The number of carbonyl (C=O) groups is 1. The van der Waals surface area contributed by atoms with E-state index in [1.807, 2.05) is 24.3 Å². The van der Waals surface area contributed by atoms with Crippen molar-refractivity contribution in [3.05, 3.63) is 42.4 Å². The lowest BCUT2D eigenvalue weighted by Crippen LogP contribution is -2.42. The lowest BCUT2D eigenvalue weighted by Gasteiger charge is -2.22. The van der Waals surface area contributed by atoms with Crippen LogP contribution in [0, 0.1) is 0 Å². The Kier molecular flexibility index (Phi) is 6.78. The molecule has 0 spiro atoms. The Morgan fingerprint density at radius 3 is 2.90 bits per heavy atom. The van der Waals surface area contributed by atoms with Gasteiger partial charge in [0.1, 0.15) is 12.2 Å². The van der Waals surface area contributed by atoms with E-state index in [4.69, 9.17) is 9.15 Å². The molecule has 0 aliphatic carbocycles. The standard InChI is InChI=1S/C20H26FN4O4Si/c21-30-10-15(25-12-30)5-6-23-20(27)29-19-16(24-8-17(19)26)7-13-1-3-14(4-2-13)18-9-22-11-28-18/h1-4,9,11,15-17,19,24-26H,5-8,10,12H2,(H,23,27)/t15-,16-,17?,19+/m1/s1. The highest BCUT2D eigenvalue weighted by molar-refractivity contribution is 6.52. The number of halogens is 1. The number of nitrogens with zero attached hydrogens (tertiary/aromatic N) is 1. The quantitative estimate of drug-likeness (QED) is 0.383. The van der Waals surface area contributed by atoms with Gasteiger partial charge in [-0.25, -0.2) is 9.78 Å². The van der Waals surface area contributed by atoms with Crippen LogP contribution in [-0.2, 0) is 11.2 Å². The molecule has 161 valence electrons. The second-order valence-corrected chi connectivity index (χ2v) is 9.53. The summed E-state index contributed by atoms with van der Waals surface area (Å²) in [6.07, 6.45) is 2.85. The molecule has 2 fully saturated rings. The Balaban J connectivity index is 1.26. The zero-order chi connectivity index (χ0) is 20.9. The summed E-state index contributed by atoms with van der Waals surface area (Å²) in [6, 6.07) is 8.37. The molecule has 2 saturated heterocycles. The third-order valence-corrected chi connectivity index (χ3v) is 7.07. The van der Waals surface area contributed by atoms with Crippen LogP contribution in [0.15, 0.2) is 41.3 Å². The summed E-state index contributed by atoms with van der Waals surface area (Å²) in [7, 11) is -1.74. The number of ether oxygens (including phenoxy) is 1. The average molecular weight is 434 g/mol. The van der Waals surface area contributed by atoms with Gasteiger partial charge in [0.05, 0.1) is 12.2 Å². The molecule has 4 rings (SSSR count). The SMILES string of the molecule is O=C(NCC[C@@H]1C[Si](F)CN1)O[C@@H]1C(O)CN[C@@H]1Cc1ccc(-c2cnco2)cc1. The number of carbonyl (C=O) groups excluding carboxylic acids is 1. The first-order chi connectivity index (χ1) is 14.6. The van der Waals surface area contributed by atoms with E-state index in [9.17, 15) is 14.0 Å². The van der Waals surface area contributed by atoms with Gasteiger partial charge in [0, 0.05) is 30.9 Å². The van der Waals surface area contributed by atoms with Gasteiger partial charge in [-0.2, -0.15) is 0 Å². The highest BCUT2D eigenvalue weighted by Crippen LogP contribution is 2.22. The van der Waals surface area contributed by atoms with Crippen molar-refractivity contribution in [2.45, 2.75) is 43.2 Å². The van der Waals surface area contributed by atoms with Crippen LogP contribution in [0.25, 0.3) is 11.3 Å². The zero-order valence-corrected chi connectivity index (χ0v) is 17.5. The monoisotopic (exact) mass is 433 g/mol. The Hall–Kier alpha value is -2.27. The minimum Gasteiger partial charge on any atom is -0.444 e. The van der Waals surface area contributed by atoms with Gasteiger partial charge in [-0.05, 0) is 24.4 Å². The van der Waals surface area contributed by atoms with Crippen LogP contribution in [0.5, 0.6) is 0 Å². The van der Waals surface area contributed by atoms with Crippen LogP contribution < -0.4 is 16.0 Å². The van der Waals surface area contributed by atoms with Gasteiger partial charge < -0.3 is 34.3 Å². The number of rotatable bonds is 7. The van der Waals surface area contributed by atoms with Gasteiger partial charge in [0.25, 0.3) is 9.13 Å². The lowest BCUT2D eigenvalue weighted by molar-refractivity contribution is 0.0189. The van der Waals surface area contributed by atoms with Crippen LogP contribution in [0.4, 0.5) is 8.90 Å². The number of aromatic nitrogens is 1. The normalized spacial score (nSPS) is 26.7. The highest BCUT2D eigenvalue weighted by atomic mass is 28.3. The summed E-state index contributed by atoms with van der Waals surface area (Å²) >= 11 is 0. The van der Waals surface area contributed by atoms with Gasteiger partial charge in [0.2, 0.25) is 0 Å². The number of aliphatic hydroxyl groups is 1. The van der Waals surface area contributed by atoms with E-state index >= 15 is 0 Å². The van der Waals surface area contributed by atoms with Gasteiger partial charge in [0.15, 0.2) is 12.2 Å². The van der Waals surface area contributed by atoms with E-state index in [-0.39, 0.29) is 12.1 Å². The maximum Gasteiger partial charge on any atom is 0.407 e.